The molecular formula is C16H12O4. The third kappa shape index (κ3) is 1.82. The predicted molar refractivity (Wildman–Crippen MR) is 76.1 cm³/mol. The van der Waals surface area contributed by atoms with E-state index in [-0.39, 0.29) is 22.5 Å². The van der Waals surface area contributed by atoms with Crippen molar-refractivity contribution in [2.45, 2.75) is 0 Å². The predicted octanol–water partition coefficient (Wildman–Crippen LogP) is 3.17. The number of rotatable bonds is 2. The summed E-state index contributed by atoms with van der Waals surface area (Å²) >= 11 is 0. The van der Waals surface area contributed by atoms with Crippen molar-refractivity contribution in [3.8, 4) is 22.6 Å². The molecule has 3 aromatic rings. The van der Waals surface area contributed by atoms with E-state index in [1.165, 1.54) is 13.4 Å². The summed E-state index contributed by atoms with van der Waals surface area (Å²) in [6, 6.07) is 12.4. The van der Waals surface area contributed by atoms with Gasteiger partial charge in [-0.3, -0.25) is 4.79 Å². The van der Waals surface area contributed by atoms with Crippen molar-refractivity contribution < 1.29 is 14.3 Å². The largest absolute Gasteiger partial charge is 0.502 e. The number of phenolic OH excluding ortho intramolecular Hbond substituents is 1. The maximum absolute atomic E-state index is 12.5. The first kappa shape index (κ1) is 12.3. The highest BCUT2D eigenvalue weighted by Crippen LogP contribution is 2.33. The zero-order valence-electron chi connectivity index (χ0n) is 10.8. The summed E-state index contributed by atoms with van der Waals surface area (Å²) in [5, 5.41) is 10.3. The average molecular weight is 268 g/mol. The van der Waals surface area contributed by atoms with Gasteiger partial charge in [0.25, 0.3) is 0 Å². The lowest BCUT2D eigenvalue weighted by atomic mass is 10.1. The number of hydrogen-bond donors (Lipinski definition) is 1. The Bertz CT molecular complexity index is 819. The topological polar surface area (TPSA) is 59.7 Å². The molecule has 100 valence electrons. The van der Waals surface area contributed by atoms with Gasteiger partial charge >= 0.3 is 0 Å². The standard InChI is InChI=1S/C16H12O4/c1-19-13-8-7-11-14(17)12(9-20-16(11)15(13)18)10-5-3-2-4-6-10/h2-9,18H,1H3. The van der Waals surface area contributed by atoms with Crippen LogP contribution in [-0.4, -0.2) is 12.2 Å². The van der Waals surface area contributed by atoms with E-state index in [9.17, 15) is 9.90 Å². The first-order valence-corrected chi connectivity index (χ1v) is 6.09. The van der Waals surface area contributed by atoms with Gasteiger partial charge in [-0.1, -0.05) is 30.3 Å². The lowest BCUT2D eigenvalue weighted by Crippen LogP contribution is -2.04. The van der Waals surface area contributed by atoms with Crippen LogP contribution in [0.15, 0.2) is 57.9 Å². The Morgan fingerprint density at radius 2 is 1.85 bits per heavy atom. The van der Waals surface area contributed by atoms with Gasteiger partial charge in [0, 0.05) is 0 Å². The van der Waals surface area contributed by atoms with Gasteiger partial charge in [0.2, 0.25) is 11.2 Å². The molecule has 3 rings (SSSR count). The van der Waals surface area contributed by atoms with Crippen molar-refractivity contribution in [1.82, 2.24) is 0 Å². The van der Waals surface area contributed by atoms with Crippen LogP contribution in [0.4, 0.5) is 0 Å². The summed E-state index contributed by atoms with van der Waals surface area (Å²) in [5.41, 5.74) is 1.19. The average Bonchev–Trinajstić information content (AvgIpc) is 2.49. The number of methoxy groups -OCH3 is 1. The smallest absolute Gasteiger partial charge is 0.202 e. The van der Waals surface area contributed by atoms with Crippen LogP contribution in [0, 0.1) is 0 Å². The van der Waals surface area contributed by atoms with Gasteiger partial charge in [-0.15, -0.1) is 0 Å². The maximum atomic E-state index is 12.5. The van der Waals surface area contributed by atoms with E-state index in [1.807, 2.05) is 30.3 Å². The first-order chi connectivity index (χ1) is 9.72. The van der Waals surface area contributed by atoms with Gasteiger partial charge < -0.3 is 14.3 Å². The summed E-state index contributed by atoms with van der Waals surface area (Å²) in [4.78, 5) is 12.5. The molecule has 1 aromatic heterocycles. The first-order valence-electron chi connectivity index (χ1n) is 6.09. The fourth-order valence-corrected chi connectivity index (χ4v) is 2.15. The van der Waals surface area contributed by atoms with Gasteiger partial charge in [0.15, 0.2) is 11.3 Å². The molecule has 4 nitrogen and oxygen atoms in total. The Kier molecular flexibility index (Phi) is 2.91. The minimum Gasteiger partial charge on any atom is -0.502 e. The van der Waals surface area contributed by atoms with Gasteiger partial charge in [-0.2, -0.15) is 0 Å². The van der Waals surface area contributed by atoms with E-state index in [0.717, 1.165) is 5.56 Å². The molecule has 2 aromatic carbocycles. The molecule has 1 heterocycles. The van der Waals surface area contributed by atoms with E-state index in [0.29, 0.717) is 10.9 Å². The Morgan fingerprint density at radius 1 is 1.10 bits per heavy atom. The van der Waals surface area contributed by atoms with Crippen LogP contribution < -0.4 is 10.2 Å². The highest BCUT2D eigenvalue weighted by molar-refractivity contribution is 5.87. The van der Waals surface area contributed by atoms with E-state index in [2.05, 4.69) is 0 Å². The lowest BCUT2D eigenvalue weighted by Gasteiger charge is -2.07. The van der Waals surface area contributed by atoms with Crippen molar-refractivity contribution in [1.29, 1.82) is 0 Å². The van der Waals surface area contributed by atoms with Crippen LogP contribution in [0.1, 0.15) is 0 Å². The third-order valence-electron chi connectivity index (χ3n) is 3.18. The summed E-state index contributed by atoms with van der Waals surface area (Å²) < 4.78 is 10.4. The molecule has 0 atom stereocenters. The third-order valence-corrected chi connectivity index (χ3v) is 3.18. The second-order valence-electron chi connectivity index (χ2n) is 4.34. The fourth-order valence-electron chi connectivity index (χ4n) is 2.15. The van der Waals surface area contributed by atoms with Crippen LogP contribution in [0.25, 0.3) is 22.1 Å². The van der Waals surface area contributed by atoms with Gasteiger partial charge in [-0.05, 0) is 17.7 Å². The number of fused-ring (bicyclic) bond motifs is 1. The molecule has 0 saturated heterocycles. The molecule has 1 N–H and O–H groups in total. The minimum atomic E-state index is -0.185. The summed E-state index contributed by atoms with van der Waals surface area (Å²) in [6.07, 6.45) is 1.36. The van der Waals surface area contributed by atoms with Crippen molar-refractivity contribution >= 4 is 11.0 Å². The second-order valence-corrected chi connectivity index (χ2v) is 4.34. The van der Waals surface area contributed by atoms with Crippen LogP contribution in [0.2, 0.25) is 0 Å². The molecule has 0 aliphatic rings. The minimum absolute atomic E-state index is 0.133. The van der Waals surface area contributed by atoms with E-state index < -0.39 is 0 Å². The molecule has 0 spiro atoms. The quantitative estimate of drug-likeness (QED) is 0.775. The summed E-state index contributed by atoms with van der Waals surface area (Å²) in [7, 11) is 1.44. The van der Waals surface area contributed by atoms with E-state index in [1.54, 1.807) is 12.1 Å². The van der Waals surface area contributed by atoms with Crippen LogP contribution in [0.3, 0.4) is 0 Å². The van der Waals surface area contributed by atoms with Gasteiger partial charge in [0.05, 0.1) is 18.1 Å². The van der Waals surface area contributed by atoms with Crippen molar-refractivity contribution in [2.24, 2.45) is 0 Å². The second kappa shape index (κ2) is 4.74. The highest BCUT2D eigenvalue weighted by atomic mass is 16.5. The molecule has 0 aliphatic heterocycles. The van der Waals surface area contributed by atoms with E-state index in [4.69, 9.17) is 9.15 Å². The fraction of sp³-hybridized carbons (Fsp3) is 0.0625. The van der Waals surface area contributed by atoms with Crippen LogP contribution >= 0.6 is 0 Å². The molecule has 4 heteroatoms. The Balaban J connectivity index is 2.30. The number of benzene rings is 2. The van der Waals surface area contributed by atoms with Crippen LogP contribution in [-0.2, 0) is 0 Å². The number of hydrogen-bond acceptors (Lipinski definition) is 4. The van der Waals surface area contributed by atoms with Crippen molar-refractivity contribution in [3.05, 3.63) is 59.0 Å². The zero-order chi connectivity index (χ0) is 14.1. The normalized spacial score (nSPS) is 10.7. The summed E-state index contributed by atoms with van der Waals surface area (Å²) in [6.45, 7) is 0. The summed E-state index contributed by atoms with van der Waals surface area (Å²) in [5.74, 6) is 0.106. The Morgan fingerprint density at radius 3 is 2.55 bits per heavy atom. The van der Waals surface area contributed by atoms with E-state index >= 15 is 0 Å². The highest BCUT2D eigenvalue weighted by Gasteiger charge is 2.14. The monoisotopic (exact) mass is 268 g/mol. The molecule has 0 saturated carbocycles. The molecule has 0 amide bonds. The molecule has 0 bridgehead atoms. The Labute approximate surface area is 114 Å². The molecule has 20 heavy (non-hydrogen) atoms. The van der Waals surface area contributed by atoms with Crippen molar-refractivity contribution in [3.63, 3.8) is 0 Å². The lowest BCUT2D eigenvalue weighted by molar-refractivity contribution is 0.371. The zero-order valence-corrected chi connectivity index (χ0v) is 10.8. The molecule has 0 unspecified atom stereocenters. The maximum Gasteiger partial charge on any atom is 0.202 e. The molecular weight excluding hydrogens is 256 g/mol. The van der Waals surface area contributed by atoms with Gasteiger partial charge in [0.1, 0.15) is 6.26 Å². The van der Waals surface area contributed by atoms with Crippen molar-refractivity contribution in [2.75, 3.05) is 7.11 Å². The van der Waals surface area contributed by atoms with Gasteiger partial charge in [-0.25, -0.2) is 0 Å². The SMILES string of the molecule is COc1ccc2c(=O)c(-c3ccccc3)coc2c1O. The molecule has 0 aliphatic carbocycles. The number of ether oxygens (including phenoxy) is 1. The molecule has 0 radical (unpaired) electrons. The number of phenols is 1. The Hall–Kier alpha value is -2.75. The molecule has 0 fully saturated rings. The number of aromatic hydroxyl groups is 1. The van der Waals surface area contributed by atoms with Crippen LogP contribution in [0.5, 0.6) is 11.5 Å².